The maximum absolute atomic E-state index is 10.2. The smallest absolute Gasteiger partial charge is 0.0622 e. The molecule has 86 valence electrons. The van der Waals surface area contributed by atoms with Gasteiger partial charge in [-0.05, 0) is 48.6 Å². The van der Waals surface area contributed by atoms with Gasteiger partial charge in [0.2, 0.25) is 0 Å². The first-order valence-electron chi connectivity index (χ1n) is 6.00. The van der Waals surface area contributed by atoms with Crippen LogP contribution in [0.5, 0.6) is 0 Å². The van der Waals surface area contributed by atoms with E-state index in [9.17, 15) is 5.11 Å². The fourth-order valence-electron chi connectivity index (χ4n) is 3.04. The molecule has 16 heavy (non-hydrogen) atoms. The van der Waals surface area contributed by atoms with Crippen molar-refractivity contribution in [2.24, 2.45) is 17.8 Å². The predicted molar refractivity (Wildman–Crippen MR) is 63.3 cm³/mol. The first-order valence-corrected chi connectivity index (χ1v) is 6.38. The van der Waals surface area contributed by atoms with Gasteiger partial charge < -0.3 is 5.11 Å². The topological polar surface area (TPSA) is 33.1 Å². The van der Waals surface area contributed by atoms with Gasteiger partial charge >= 0.3 is 0 Å². The van der Waals surface area contributed by atoms with E-state index in [-0.39, 0.29) is 6.10 Å². The van der Waals surface area contributed by atoms with E-state index in [0.717, 1.165) is 17.4 Å². The summed E-state index contributed by atoms with van der Waals surface area (Å²) in [7, 11) is 0. The van der Waals surface area contributed by atoms with Crippen LogP contribution in [-0.4, -0.2) is 16.2 Å². The summed E-state index contributed by atoms with van der Waals surface area (Å²) >= 11 is 6.04. The number of fused-ring (bicyclic) bond motifs is 1. The van der Waals surface area contributed by atoms with Crippen molar-refractivity contribution < 1.29 is 5.11 Å². The molecular weight excluding hydrogens is 222 g/mol. The molecule has 3 heteroatoms. The minimum Gasteiger partial charge on any atom is -0.392 e. The van der Waals surface area contributed by atoms with Gasteiger partial charge in [-0.15, -0.1) is 0 Å². The molecule has 3 unspecified atom stereocenters. The fourth-order valence-corrected chi connectivity index (χ4v) is 3.23. The minimum absolute atomic E-state index is 0.229. The molecule has 1 heterocycles. The van der Waals surface area contributed by atoms with Crippen molar-refractivity contribution in [2.75, 3.05) is 0 Å². The van der Waals surface area contributed by atoms with Crippen molar-refractivity contribution in [3.8, 4) is 0 Å². The van der Waals surface area contributed by atoms with Crippen molar-refractivity contribution in [3.63, 3.8) is 0 Å². The summed E-state index contributed by atoms with van der Waals surface area (Å²) in [6, 6.07) is 1.90. The lowest BCUT2D eigenvalue weighted by Gasteiger charge is -2.19. The molecule has 0 radical (unpaired) electrons. The van der Waals surface area contributed by atoms with E-state index in [1.807, 2.05) is 6.07 Å². The highest BCUT2D eigenvalue weighted by Crippen LogP contribution is 2.55. The lowest BCUT2D eigenvalue weighted by Crippen LogP contribution is -2.21. The van der Waals surface area contributed by atoms with Crippen LogP contribution >= 0.6 is 11.6 Å². The van der Waals surface area contributed by atoms with E-state index in [1.54, 1.807) is 12.4 Å². The van der Waals surface area contributed by atoms with Crippen molar-refractivity contribution in [2.45, 2.75) is 31.8 Å². The van der Waals surface area contributed by atoms with Crippen molar-refractivity contribution in [1.82, 2.24) is 4.98 Å². The molecule has 0 spiro atoms. The second-order valence-electron chi connectivity index (χ2n) is 5.23. The maximum atomic E-state index is 10.2. The number of hydrogen-bond donors (Lipinski definition) is 1. The Morgan fingerprint density at radius 2 is 2.12 bits per heavy atom. The predicted octanol–water partition coefficient (Wildman–Crippen LogP) is 2.68. The zero-order chi connectivity index (χ0) is 11.1. The number of hydrogen-bond acceptors (Lipinski definition) is 2. The molecule has 2 saturated carbocycles. The largest absolute Gasteiger partial charge is 0.392 e. The van der Waals surface area contributed by atoms with Gasteiger partial charge in [-0.2, -0.15) is 0 Å². The Kier molecular flexibility index (Phi) is 2.64. The fraction of sp³-hybridized carbons (Fsp3) is 0.615. The van der Waals surface area contributed by atoms with Crippen LogP contribution in [0.15, 0.2) is 18.5 Å². The summed E-state index contributed by atoms with van der Waals surface area (Å²) in [6.07, 6.45) is 7.66. The second kappa shape index (κ2) is 4.01. The average Bonchev–Trinajstić information content (AvgIpc) is 2.89. The molecule has 1 N–H and O–H groups in total. The minimum atomic E-state index is -0.229. The molecule has 0 amide bonds. The van der Waals surface area contributed by atoms with Gasteiger partial charge in [0.25, 0.3) is 0 Å². The Morgan fingerprint density at radius 3 is 2.81 bits per heavy atom. The van der Waals surface area contributed by atoms with Crippen molar-refractivity contribution in [1.29, 1.82) is 0 Å². The monoisotopic (exact) mass is 237 g/mol. The lowest BCUT2D eigenvalue weighted by molar-refractivity contribution is 0.104. The van der Waals surface area contributed by atoms with Crippen LogP contribution in [0.4, 0.5) is 0 Å². The quantitative estimate of drug-likeness (QED) is 0.877. The molecule has 2 fully saturated rings. The highest BCUT2D eigenvalue weighted by atomic mass is 35.5. The van der Waals surface area contributed by atoms with Gasteiger partial charge in [0.05, 0.1) is 11.1 Å². The van der Waals surface area contributed by atoms with Gasteiger partial charge in [0, 0.05) is 18.8 Å². The van der Waals surface area contributed by atoms with Gasteiger partial charge in [-0.1, -0.05) is 11.6 Å². The molecule has 0 bridgehead atoms. The summed E-state index contributed by atoms with van der Waals surface area (Å²) in [6.45, 7) is 0. The summed E-state index contributed by atoms with van der Waals surface area (Å²) in [5.41, 5.74) is 1.02. The standard InChI is InChI=1S/C13H16ClNO/c14-12-7-15-2-1-8(12)6-13(16)11-4-9-3-10(9)5-11/h1-2,7,9-11,13,16H,3-6H2. The lowest BCUT2D eigenvalue weighted by atomic mass is 9.92. The molecule has 1 aromatic rings. The molecule has 3 atom stereocenters. The summed E-state index contributed by atoms with van der Waals surface area (Å²) in [5.74, 6) is 2.34. The first-order chi connectivity index (χ1) is 7.74. The van der Waals surface area contributed by atoms with Crippen LogP contribution in [-0.2, 0) is 6.42 Å². The Bertz CT molecular complexity index is 385. The highest BCUT2D eigenvalue weighted by molar-refractivity contribution is 6.31. The van der Waals surface area contributed by atoms with Gasteiger partial charge in [-0.25, -0.2) is 0 Å². The zero-order valence-electron chi connectivity index (χ0n) is 9.14. The highest BCUT2D eigenvalue weighted by Gasteiger charge is 2.47. The Hall–Kier alpha value is -0.600. The van der Waals surface area contributed by atoms with Crippen LogP contribution < -0.4 is 0 Å². The number of aliphatic hydroxyl groups excluding tert-OH is 1. The van der Waals surface area contributed by atoms with E-state index in [2.05, 4.69) is 4.98 Å². The number of pyridine rings is 1. The summed E-state index contributed by atoms with van der Waals surface area (Å²) in [5, 5.41) is 10.9. The van der Waals surface area contributed by atoms with Crippen LogP contribution in [0.25, 0.3) is 0 Å². The van der Waals surface area contributed by atoms with Crippen molar-refractivity contribution >= 4 is 11.6 Å². The van der Waals surface area contributed by atoms with E-state index < -0.39 is 0 Å². The third kappa shape index (κ3) is 1.96. The SMILES string of the molecule is OC(Cc1ccncc1Cl)C1CC2CC2C1. The Morgan fingerprint density at radius 1 is 1.38 bits per heavy atom. The second-order valence-corrected chi connectivity index (χ2v) is 5.63. The first kappa shape index (κ1) is 10.5. The van der Waals surface area contributed by atoms with E-state index in [1.165, 1.54) is 19.3 Å². The van der Waals surface area contributed by atoms with Gasteiger partial charge in [-0.3, -0.25) is 4.98 Å². The Labute approximate surface area is 101 Å². The molecule has 0 aliphatic heterocycles. The third-order valence-corrected chi connectivity index (χ3v) is 4.45. The zero-order valence-corrected chi connectivity index (χ0v) is 9.90. The molecule has 2 aliphatic rings. The molecule has 0 aromatic carbocycles. The van der Waals surface area contributed by atoms with E-state index in [4.69, 9.17) is 11.6 Å². The number of rotatable bonds is 3. The summed E-state index contributed by atoms with van der Waals surface area (Å²) in [4.78, 5) is 3.96. The van der Waals surface area contributed by atoms with Crippen LogP contribution in [0, 0.1) is 17.8 Å². The van der Waals surface area contributed by atoms with E-state index in [0.29, 0.717) is 17.4 Å². The number of aliphatic hydroxyl groups is 1. The molecule has 2 nitrogen and oxygen atoms in total. The number of aromatic nitrogens is 1. The van der Waals surface area contributed by atoms with Gasteiger partial charge in [0.1, 0.15) is 0 Å². The normalized spacial score (nSPS) is 33.5. The number of halogens is 1. The average molecular weight is 238 g/mol. The maximum Gasteiger partial charge on any atom is 0.0622 e. The molecule has 1 aromatic heterocycles. The third-order valence-electron chi connectivity index (χ3n) is 4.11. The van der Waals surface area contributed by atoms with Crippen LogP contribution in [0.3, 0.4) is 0 Å². The van der Waals surface area contributed by atoms with Crippen LogP contribution in [0.1, 0.15) is 24.8 Å². The summed E-state index contributed by atoms with van der Waals surface area (Å²) < 4.78 is 0. The molecule has 0 saturated heterocycles. The van der Waals surface area contributed by atoms with Crippen LogP contribution in [0.2, 0.25) is 5.02 Å². The van der Waals surface area contributed by atoms with E-state index >= 15 is 0 Å². The number of nitrogens with zero attached hydrogens (tertiary/aromatic N) is 1. The van der Waals surface area contributed by atoms with Gasteiger partial charge in [0.15, 0.2) is 0 Å². The molecule has 2 aliphatic carbocycles. The Balaban J connectivity index is 1.64. The molecule has 3 rings (SSSR count). The molecular formula is C13H16ClNO. The van der Waals surface area contributed by atoms with Crippen molar-refractivity contribution in [3.05, 3.63) is 29.0 Å².